The van der Waals surface area contributed by atoms with Gasteiger partial charge in [-0.05, 0) is 12.3 Å². The van der Waals surface area contributed by atoms with E-state index in [1.807, 2.05) is 13.8 Å². The number of carboxylic acid groups (broad SMARTS) is 2. The highest BCUT2D eigenvalue weighted by Gasteiger charge is 2.24. The van der Waals surface area contributed by atoms with Crippen molar-refractivity contribution in [3.63, 3.8) is 0 Å². The van der Waals surface area contributed by atoms with Gasteiger partial charge in [0.25, 0.3) is 0 Å². The monoisotopic (exact) mass is 245 g/mol. The lowest BCUT2D eigenvalue weighted by Crippen LogP contribution is -2.44. The number of aliphatic carboxylic acids is 2. The van der Waals surface area contributed by atoms with Gasteiger partial charge in [-0.25, -0.2) is 4.79 Å². The van der Waals surface area contributed by atoms with Gasteiger partial charge in [0, 0.05) is 5.92 Å². The minimum absolute atomic E-state index is 0.131. The van der Waals surface area contributed by atoms with Gasteiger partial charge in [0.15, 0.2) is 0 Å². The molecule has 0 rings (SSSR count). The smallest absolute Gasteiger partial charge is 0.326 e. The first-order valence-electron chi connectivity index (χ1n) is 5.49. The summed E-state index contributed by atoms with van der Waals surface area (Å²) in [6.07, 6.45) is 0.0146. The van der Waals surface area contributed by atoms with E-state index in [9.17, 15) is 14.4 Å². The molecule has 0 bridgehead atoms. The van der Waals surface area contributed by atoms with Crippen LogP contribution in [-0.4, -0.2) is 34.1 Å². The Morgan fingerprint density at radius 1 is 1.12 bits per heavy atom. The lowest BCUT2D eigenvalue weighted by Gasteiger charge is -2.18. The third-order valence-electron chi connectivity index (χ3n) is 2.25. The van der Waals surface area contributed by atoms with Crippen LogP contribution in [0.3, 0.4) is 0 Å². The summed E-state index contributed by atoms with van der Waals surface area (Å²) in [5.74, 6) is -3.33. The zero-order valence-corrected chi connectivity index (χ0v) is 10.3. The Balaban J connectivity index is 4.39. The molecule has 0 radical (unpaired) electrons. The molecule has 98 valence electrons. The summed E-state index contributed by atoms with van der Waals surface area (Å²) in [5.41, 5.74) is 0. The first kappa shape index (κ1) is 15.4. The standard InChI is InChI=1S/C11H19NO5/c1-6(2)4-8(11(16)17)12-10(15)7(3)5-9(13)14/h6-8H,4-5H2,1-3H3,(H,12,15)(H,13,14)(H,16,17)/t7?,8-/m0/s1. The molecule has 0 aromatic rings. The fourth-order valence-electron chi connectivity index (χ4n) is 1.36. The molecule has 6 heteroatoms. The molecule has 0 aliphatic carbocycles. The van der Waals surface area contributed by atoms with Gasteiger partial charge in [-0.15, -0.1) is 0 Å². The van der Waals surface area contributed by atoms with Crippen LogP contribution >= 0.6 is 0 Å². The number of rotatable bonds is 7. The van der Waals surface area contributed by atoms with Crippen molar-refractivity contribution in [2.75, 3.05) is 0 Å². The van der Waals surface area contributed by atoms with Crippen LogP contribution in [0.25, 0.3) is 0 Å². The number of nitrogens with one attached hydrogen (secondary N) is 1. The first-order valence-corrected chi connectivity index (χ1v) is 5.49. The molecule has 6 nitrogen and oxygen atoms in total. The van der Waals surface area contributed by atoms with Crippen molar-refractivity contribution in [1.82, 2.24) is 5.32 Å². The third kappa shape index (κ3) is 6.55. The van der Waals surface area contributed by atoms with E-state index >= 15 is 0 Å². The second-order valence-corrected chi connectivity index (χ2v) is 4.53. The quantitative estimate of drug-likeness (QED) is 0.613. The molecular formula is C11H19NO5. The Morgan fingerprint density at radius 2 is 1.65 bits per heavy atom. The first-order chi connectivity index (χ1) is 7.73. The van der Waals surface area contributed by atoms with Crippen LogP contribution < -0.4 is 5.32 Å². The van der Waals surface area contributed by atoms with Crippen LogP contribution in [0.1, 0.15) is 33.6 Å². The molecule has 1 amide bonds. The van der Waals surface area contributed by atoms with E-state index in [4.69, 9.17) is 10.2 Å². The second-order valence-electron chi connectivity index (χ2n) is 4.53. The molecule has 0 saturated carbocycles. The van der Waals surface area contributed by atoms with Crippen molar-refractivity contribution < 1.29 is 24.6 Å². The summed E-state index contributed by atoms with van der Waals surface area (Å²) < 4.78 is 0. The molecule has 17 heavy (non-hydrogen) atoms. The highest BCUT2D eigenvalue weighted by atomic mass is 16.4. The molecule has 2 atom stereocenters. The molecular weight excluding hydrogens is 226 g/mol. The van der Waals surface area contributed by atoms with Crippen LogP contribution in [0, 0.1) is 11.8 Å². The van der Waals surface area contributed by atoms with Gasteiger partial charge in [-0.2, -0.15) is 0 Å². The van der Waals surface area contributed by atoms with Crippen LogP contribution in [-0.2, 0) is 14.4 Å². The fourth-order valence-corrected chi connectivity index (χ4v) is 1.36. The van der Waals surface area contributed by atoms with E-state index in [-0.39, 0.29) is 12.3 Å². The van der Waals surface area contributed by atoms with Crippen molar-refractivity contribution in [2.45, 2.75) is 39.7 Å². The molecule has 0 heterocycles. The van der Waals surface area contributed by atoms with E-state index in [0.717, 1.165) is 0 Å². The SMILES string of the molecule is CC(C)C[C@H](NC(=O)C(C)CC(=O)O)C(=O)O. The van der Waals surface area contributed by atoms with Gasteiger partial charge in [0.05, 0.1) is 6.42 Å². The molecule has 0 aliphatic heterocycles. The predicted octanol–water partition coefficient (Wildman–Crippen LogP) is 0.713. The zero-order chi connectivity index (χ0) is 13.6. The molecule has 0 aromatic heterocycles. The highest BCUT2D eigenvalue weighted by Crippen LogP contribution is 2.08. The molecule has 1 unspecified atom stereocenters. The maximum atomic E-state index is 11.5. The van der Waals surface area contributed by atoms with E-state index in [2.05, 4.69) is 5.32 Å². The van der Waals surface area contributed by atoms with Crippen molar-refractivity contribution in [3.05, 3.63) is 0 Å². The lowest BCUT2D eigenvalue weighted by atomic mass is 10.0. The van der Waals surface area contributed by atoms with E-state index in [0.29, 0.717) is 6.42 Å². The number of hydrogen-bond donors (Lipinski definition) is 3. The van der Waals surface area contributed by atoms with E-state index < -0.39 is 29.8 Å². The molecule has 0 fully saturated rings. The summed E-state index contributed by atoms with van der Waals surface area (Å²) in [4.78, 5) is 32.8. The maximum Gasteiger partial charge on any atom is 0.326 e. The topological polar surface area (TPSA) is 104 Å². The lowest BCUT2D eigenvalue weighted by molar-refractivity contribution is -0.144. The number of carbonyl (C=O) groups is 3. The second kappa shape index (κ2) is 6.88. The Labute approximate surface area is 100 Å². The zero-order valence-electron chi connectivity index (χ0n) is 10.3. The minimum atomic E-state index is -1.10. The molecule has 0 aromatic carbocycles. The third-order valence-corrected chi connectivity index (χ3v) is 2.25. The van der Waals surface area contributed by atoms with Gasteiger partial charge in [-0.1, -0.05) is 20.8 Å². The number of hydrogen-bond acceptors (Lipinski definition) is 3. The predicted molar refractivity (Wildman–Crippen MR) is 60.4 cm³/mol. The van der Waals surface area contributed by atoms with Gasteiger partial charge in [-0.3, -0.25) is 9.59 Å². The average molecular weight is 245 g/mol. The number of carbonyl (C=O) groups excluding carboxylic acids is 1. The average Bonchev–Trinajstić information content (AvgIpc) is 2.14. The maximum absolute atomic E-state index is 11.5. The van der Waals surface area contributed by atoms with Gasteiger partial charge in [0.1, 0.15) is 6.04 Å². The number of amides is 1. The van der Waals surface area contributed by atoms with E-state index in [1.54, 1.807) is 0 Å². The van der Waals surface area contributed by atoms with Crippen molar-refractivity contribution in [1.29, 1.82) is 0 Å². The summed E-state index contributed by atoms with van der Waals surface area (Å²) in [6.45, 7) is 5.16. The molecule has 0 spiro atoms. The van der Waals surface area contributed by atoms with Crippen molar-refractivity contribution >= 4 is 17.8 Å². The summed E-state index contributed by atoms with van der Waals surface area (Å²) in [5, 5.41) is 19.8. The summed E-state index contributed by atoms with van der Waals surface area (Å²) in [7, 11) is 0. The van der Waals surface area contributed by atoms with E-state index in [1.165, 1.54) is 6.92 Å². The summed E-state index contributed by atoms with van der Waals surface area (Å²) >= 11 is 0. The normalized spacial score (nSPS) is 14.1. The number of carboxylic acids is 2. The molecule has 0 saturated heterocycles. The Bertz CT molecular complexity index is 300. The Hall–Kier alpha value is -1.59. The van der Waals surface area contributed by atoms with Crippen LogP contribution in [0.2, 0.25) is 0 Å². The highest BCUT2D eigenvalue weighted by molar-refractivity contribution is 5.87. The van der Waals surface area contributed by atoms with Crippen LogP contribution in [0.15, 0.2) is 0 Å². The summed E-state index contributed by atoms with van der Waals surface area (Å²) in [6, 6.07) is -0.959. The van der Waals surface area contributed by atoms with Crippen LogP contribution in [0.4, 0.5) is 0 Å². The van der Waals surface area contributed by atoms with Gasteiger partial charge < -0.3 is 15.5 Å². The van der Waals surface area contributed by atoms with Crippen molar-refractivity contribution in [3.8, 4) is 0 Å². The van der Waals surface area contributed by atoms with Crippen LogP contribution in [0.5, 0.6) is 0 Å². The Morgan fingerprint density at radius 3 is 2.00 bits per heavy atom. The Kier molecular flexibility index (Phi) is 6.23. The molecule has 3 N–H and O–H groups in total. The van der Waals surface area contributed by atoms with Gasteiger partial charge in [0.2, 0.25) is 5.91 Å². The molecule has 0 aliphatic rings. The fraction of sp³-hybridized carbons (Fsp3) is 0.727. The largest absolute Gasteiger partial charge is 0.481 e. The van der Waals surface area contributed by atoms with Crippen molar-refractivity contribution in [2.24, 2.45) is 11.8 Å². The minimum Gasteiger partial charge on any atom is -0.481 e. The van der Waals surface area contributed by atoms with Gasteiger partial charge >= 0.3 is 11.9 Å².